The maximum atomic E-state index is 11.1. The van der Waals surface area contributed by atoms with Crippen LogP contribution in [0, 0.1) is 6.92 Å². The Kier molecular flexibility index (Phi) is 4.48. The molecule has 0 aliphatic carbocycles. The van der Waals surface area contributed by atoms with Crippen LogP contribution >= 0.6 is 0 Å². The van der Waals surface area contributed by atoms with Gasteiger partial charge in [0.15, 0.2) is 0 Å². The van der Waals surface area contributed by atoms with Crippen LogP contribution in [-0.4, -0.2) is 11.3 Å². The van der Waals surface area contributed by atoms with Crippen molar-refractivity contribution in [1.29, 1.82) is 0 Å². The number of hydrogen-bond donors (Lipinski definition) is 0. The Morgan fingerprint density at radius 2 is 1.87 bits per heavy atom. The molecule has 0 aliphatic heterocycles. The van der Waals surface area contributed by atoms with Crippen LogP contribution in [0.1, 0.15) is 21.6 Å². The van der Waals surface area contributed by atoms with Crippen molar-refractivity contribution in [3.63, 3.8) is 0 Å². The molecule has 3 rings (SSSR count). The molecular weight excluding hydrogens is 286 g/mol. The average molecular weight is 303 g/mol. The molecule has 0 N–H and O–H groups in total. The maximum absolute atomic E-state index is 11.1. The summed E-state index contributed by atoms with van der Waals surface area (Å²) < 4.78 is 5.98. The lowest BCUT2D eigenvalue weighted by atomic mass is 10.0. The molecular formula is C20H17NO2. The van der Waals surface area contributed by atoms with E-state index >= 15 is 0 Å². The fraction of sp³-hybridized carbons (Fsp3) is 0.100. The van der Waals surface area contributed by atoms with E-state index in [0.717, 1.165) is 34.4 Å². The van der Waals surface area contributed by atoms with Gasteiger partial charge in [0.05, 0.1) is 0 Å². The summed E-state index contributed by atoms with van der Waals surface area (Å²) in [5.41, 5.74) is 4.54. The second kappa shape index (κ2) is 6.88. The normalized spacial score (nSPS) is 10.3. The van der Waals surface area contributed by atoms with Crippen molar-refractivity contribution in [3.8, 4) is 16.9 Å². The van der Waals surface area contributed by atoms with Crippen molar-refractivity contribution in [2.24, 2.45) is 0 Å². The van der Waals surface area contributed by atoms with Crippen LogP contribution in [0.5, 0.6) is 5.75 Å². The third-order valence-electron chi connectivity index (χ3n) is 3.58. The Labute approximate surface area is 135 Å². The van der Waals surface area contributed by atoms with Crippen molar-refractivity contribution in [2.75, 3.05) is 0 Å². The molecule has 0 fully saturated rings. The highest BCUT2D eigenvalue weighted by Gasteiger charge is 2.09. The van der Waals surface area contributed by atoms with Gasteiger partial charge in [-0.25, -0.2) is 0 Å². The summed E-state index contributed by atoms with van der Waals surface area (Å²) in [6.07, 6.45) is 2.61. The van der Waals surface area contributed by atoms with Gasteiger partial charge in [0.1, 0.15) is 18.6 Å². The predicted molar refractivity (Wildman–Crippen MR) is 90.6 cm³/mol. The molecule has 1 aromatic heterocycles. The second-order valence-electron chi connectivity index (χ2n) is 5.33. The number of aryl methyl sites for hydroxylation is 1. The van der Waals surface area contributed by atoms with E-state index in [1.54, 1.807) is 12.3 Å². The molecule has 0 unspecified atom stereocenters. The Hall–Kier alpha value is -2.94. The van der Waals surface area contributed by atoms with Gasteiger partial charge >= 0.3 is 0 Å². The summed E-state index contributed by atoms with van der Waals surface area (Å²) in [6.45, 7) is 2.43. The van der Waals surface area contributed by atoms with Crippen LogP contribution in [0.15, 0.2) is 66.9 Å². The van der Waals surface area contributed by atoms with Crippen LogP contribution in [0.4, 0.5) is 0 Å². The molecule has 0 aliphatic rings. The van der Waals surface area contributed by atoms with E-state index in [9.17, 15) is 4.79 Å². The van der Waals surface area contributed by atoms with Gasteiger partial charge in [-0.1, -0.05) is 30.3 Å². The number of carbonyl (C=O) groups excluding carboxylic acids is 1. The molecule has 3 aromatic rings. The molecule has 114 valence electrons. The monoisotopic (exact) mass is 303 g/mol. The molecule has 1 heterocycles. The fourth-order valence-corrected chi connectivity index (χ4v) is 2.42. The average Bonchev–Trinajstić information content (AvgIpc) is 2.61. The van der Waals surface area contributed by atoms with Crippen LogP contribution < -0.4 is 4.74 Å². The van der Waals surface area contributed by atoms with Gasteiger partial charge in [-0.3, -0.25) is 9.78 Å². The highest BCUT2D eigenvalue weighted by atomic mass is 16.5. The molecule has 0 spiro atoms. The van der Waals surface area contributed by atoms with Gasteiger partial charge in [-0.2, -0.15) is 0 Å². The Balaban J connectivity index is 1.94. The zero-order valence-corrected chi connectivity index (χ0v) is 12.9. The number of nitrogens with zero attached hydrogens (tertiary/aromatic N) is 1. The number of hydrogen-bond acceptors (Lipinski definition) is 3. The number of benzene rings is 2. The van der Waals surface area contributed by atoms with E-state index < -0.39 is 0 Å². The van der Waals surface area contributed by atoms with Gasteiger partial charge in [0.25, 0.3) is 0 Å². The number of carbonyl (C=O) groups is 1. The predicted octanol–water partition coefficient (Wildman–Crippen LogP) is 4.45. The number of pyridine rings is 1. The number of aldehydes is 1. The lowest BCUT2D eigenvalue weighted by Gasteiger charge is -2.13. The lowest BCUT2D eigenvalue weighted by Crippen LogP contribution is -1.98. The van der Waals surface area contributed by atoms with Crippen molar-refractivity contribution in [1.82, 2.24) is 4.98 Å². The SMILES string of the molecule is Cc1cc(-c2cc(C=O)ccc2OCc2ccccc2)ccn1. The number of aromatic nitrogens is 1. The van der Waals surface area contributed by atoms with Crippen LogP contribution in [-0.2, 0) is 6.61 Å². The molecule has 3 nitrogen and oxygen atoms in total. The van der Waals surface area contributed by atoms with Crippen molar-refractivity contribution >= 4 is 6.29 Å². The van der Waals surface area contributed by atoms with E-state index in [-0.39, 0.29) is 0 Å². The highest BCUT2D eigenvalue weighted by Crippen LogP contribution is 2.31. The summed E-state index contributed by atoms with van der Waals surface area (Å²) in [7, 11) is 0. The van der Waals surface area contributed by atoms with E-state index in [1.807, 2.05) is 61.5 Å². The first-order valence-corrected chi connectivity index (χ1v) is 7.45. The van der Waals surface area contributed by atoms with Crippen molar-refractivity contribution < 1.29 is 9.53 Å². The zero-order chi connectivity index (χ0) is 16.1. The molecule has 0 saturated carbocycles. The second-order valence-corrected chi connectivity index (χ2v) is 5.33. The standard InChI is InChI=1S/C20H17NO2/c1-15-11-18(9-10-21-15)19-12-17(13-22)7-8-20(19)23-14-16-5-3-2-4-6-16/h2-13H,14H2,1H3. The number of rotatable bonds is 5. The van der Waals surface area contributed by atoms with Gasteiger partial charge in [-0.05, 0) is 48.4 Å². The third-order valence-corrected chi connectivity index (χ3v) is 3.58. The maximum Gasteiger partial charge on any atom is 0.150 e. The molecule has 0 radical (unpaired) electrons. The Morgan fingerprint density at radius 1 is 1.04 bits per heavy atom. The Morgan fingerprint density at radius 3 is 2.61 bits per heavy atom. The van der Waals surface area contributed by atoms with Crippen molar-refractivity contribution in [3.05, 3.63) is 83.7 Å². The summed E-state index contributed by atoms with van der Waals surface area (Å²) in [5.74, 6) is 0.755. The first-order valence-electron chi connectivity index (χ1n) is 7.45. The zero-order valence-electron chi connectivity index (χ0n) is 12.9. The van der Waals surface area contributed by atoms with Gasteiger partial charge in [0, 0.05) is 23.0 Å². The largest absolute Gasteiger partial charge is 0.488 e. The third kappa shape index (κ3) is 3.64. The summed E-state index contributed by atoms with van der Waals surface area (Å²) >= 11 is 0. The van der Waals surface area contributed by atoms with E-state index in [4.69, 9.17) is 4.74 Å². The first-order chi connectivity index (χ1) is 11.3. The molecule has 2 aromatic carbocycles. The summed E-state index contributed by atoms with van der Waals surface area (Å²) in [6, 6.07) is 19.4. The van der Waals surface area contributed by atoms with E-state index in [0.29, 0.717) is 12.2 Å². The van der Waals surface area contributed by atoms with Crippen molar-refractivity contribution in [2.45, 2.75) is 13.5 Å². The molecule has 0 bridgehead atoms. The lowest BCUT2D eigenvalue weighted by molar-refractivity contribution is 0.112. The van der Waals surface area contributed by atoms with Gasteiger partial charge < -0.3 is 4.74 Å². The van der Waals surface area contributed by atoms with Crippen LogP contribution in [0.3, 0.4) is 0 Å². The highest BCUT2D eigenvalue weighted by molar-refractivity contribution is 5.81. The van der Waals surface area contributed by atoms with E-state index in [1.165, 1.54) is 0 Å². The smallest absolute Gasteiger partial charge is 0.150 e. The molecule has 23 heavy (non-hydrogen) atoms. The summed E-state index contributed by atoms with van der Waals surface area (Å²) in [5, 5.41) is 0. The van der Waals surface area contributed by atoms with Gasteiger partial charge in [0.2, 0.25) is 0 Å². The Bertz CT molecular complexity index is 813. The van der Waals surface area contributed by atoms with E-state index in [2.05, 4.69) is 4.98 Å². The van der Waals surface area contributed by atoms with Crippen LogP contribution in [0.25, 0.3) is 11.1 Å². The number of ether oxygens (including phenoxy) is 1. The molecule has 0 saturated heterocycles. The molecule has 3 heteroatoms. The minimum absolute atomic E-state index is 0.484. The minimum Gasteiger partial charge on any atom is -0.488 e. The van der Waals surface area contributed by atoms with Crippen LogP contribution in [0.2, 0.25) is 0 Å². The molecule has 0 amide bonds. The van der Waals surface area contributed by atoms with Gasteiger partial charge in [-0.15, -0.1) is 0 Å². The summed E-state index contributed by atoms with van der Waals surface area (Å²) in [4.78, 5) is 15.3. The first kappa shape index (κ1) is 15.0. The fourth-order valence-electron chi connectivity index (χ4n) is 2.42. The minimum atomic E-state index is 0.484. The quantitative estimate of drug-likeness (QED) is 0.654. The molecule has 0 atom stereocenters. The topological polar surface area (TPSA) is 39.2 Å².